The Morgan fingerprint density at radius 1 is 1.71 bits per heavy atom. The molecule has 1 unspecified atom stereocenters. The van der Waals surface area contributed by atoms with Gasteiger partial charge < -0.3 is 20.1 Å². The SMILES string of the molecule is CCc1nc(NCC2(O)CCOC2)cc(=O)[nH]1. The van der Waals surface area contributed by atoms with Gasteiger partial charge in [0.05, 0.1) is 6.61 Å². The number of hydrogen-bond donors (Lipinski definition) is 3. The van der Waals surface area contributed by atoms with E-state index >= 15 is 0 Å². The predicted octanol–water partition coefficient (Wildman–Crippen LogP) is -0.104. The third kappa shape index (κ3) is 3.04. The molecule has 0 radical (unpaired) electrons. The van der Waals surface area contributed by atoms with E-state index in [1.54, 1.807) is 0 Å². The van der Waals surface area contributed by atoms with Crippen molar-refractivity contribution in [3.63, 3.8) is 0 Å². The van der Waals surface area contributed by atoms with Crippen LogP contribution in [0, 0.1) is 0 Å². The second-order valence-electron chi connectivity index (χ2n) is 4.31. The molecule has 0 saturated carbocycles. The molecule has 0 aliphatic carbocycles. The molecule has 1 aromatic heterocycles. The summed E-state index contributed by atoms with van der Waals surface area (Å²) in [4.78, 5) is 18.2. The Balaban J connectivity index is 2.03. The number of ether oxygens (including phenoxy) is 1. The summed E-state index contributed by atoms with van der Waals surface area (Å²) in [7, 11) is 0. The normalized spacial score (nSPS) is 23.9. The van der Waals surface area contributed by atoms with Gasteiger partial charge in [-0.15, -0.1) is 0 Å². The van der Waals surface area contributed by atoms with Crippen molar-refractivity contribution in [3.05, 3.63) is 22.2 Å². The molecule has 0 aromatic carbocycles. The minimum Gasteiger partial charge on any atom is -0.386 e. The fraction of sp³-hybridized carbons (Fsp3) is 0.636. The Bertz CT molecular complexity index is 438. The first-order valence-corrected chi connectivity index (χ1v) is 5.75. The molecule has 0 spiro atoms. The van der Waals surface area contributed by atoms with Crippen LogP contribution in [0.3, 0.4) is 0 Å². The number of hydrogen-bond acceptors (Lipinski definition) is 5. The number of aromatic nitrogens is 2. The minimum absolute atomic E-state index is 0.186. The largest absolute Gasteiger partial charge is 0.386 e. The molecule has 1 aromatic rings. The maximum absolute atomic E-state index is 11.3. The van der Waals surface area contributed by atoms with E-state index in [0.717, 1.165) is 0 Å². The molecule has 1 fully saturated rings. The molecule has 94 valence electrons. The standard InChI is InChI=1S/C11H17N3O3/c1-2-8-13-9(5-10(15)14-8)12-6-11(16)3-4-17-7-11/h5,16H,2-4,6-7H2,1H3,(H2,12,13,14,15). The zero-order valence-corrected chi connectivity index (χ0v) is 9.82. The second kappa shape index (κ2) is 4.85. The van der Waals surface area contributed by atoms with Crippen molar-refractivity contribution in [2.24, 2.45) is 0 Å². The van der Waals surface area contributed by atoms with Crippen LogP contribution in [0.5, 0.6) is 0 Å². The highest BCUT2D eigenvalue weighted by Gasteiger charge is 2.31. The lowest BCUT2D eigenvalue weighted by molar-refractivity contribution is 0.0381. The number of nitrogens with zero attached hydrogens (tertiary/aromatic N) is 1. The van der Waals surface area contributed by atoms with Gasteiger partial charge in [0, 0.05) is 32.1 Å². The molecule has 17 heavy (non-hydrogen) atoms. The first kappa shape index (κ1) is 12.1. The van der Waals surface area contributed by atoms with E-state index in [2.05, 4.69) is 15.3 Å². The van der Waals surface area contributed by atoms with Crippen LogP contribution in [0.25, 0.3) is 0 Å². The summed E-state index contributed by atoms with van der Waals surface area (Å²) < 4.78 is 5.14. The van der Waals surface area contributed by atoms with Gasteiger partial charge in [0.25, 0.3) is 5.56 Å². The summed E-state index contributed by atoms with van der Waals surface area (Å²) in [5, 5.41) is 13.0. The van der Waals surface area contributed by atoms with Gasteiger partial charge >= 0.3 is 0 Å². The van der Waals surface area contributed by atoms with E-state index in [-0.39, 0.29) is 5.56 Å². The molecule has 0 bridgehead atoms. The highest BCUT2D eigenvalue weighted by atomic mass is 16.5. The molecule has 2 heterocycles. The molecule has 6 nitrogen and oxygen atoms in total. The van der Waals surface area contributed by atoms with Gasteiger partial charge in [0.1, 0.15) is 17.2 Å². The fourth-order valence-electron chi connectivity index (χ4n) is 1.76. The third-order valence-electron chi connectivity index (χ3n) is 2.81. The van der Waals surface area contributed by atoms with Crippen LogP contribution in [0.2, 0.25) is 0 Å². The zero-order chi connectivity index (χ0) is 12.3. The van der Waals surface area contributed by atoms with Crippen LogP contribution >= 0.6 is 0 Å². The van der Waals surface area contributed by atoms with Crippen LogP contribution in [0.1, 0.15) is 19.2 Å². The smallest absolute Gasteiger partial charge is 0.252 e. The van der Waals surface area contributed by atoms with E-state index in [1.807, 2.05) is 6.92 Å². The molecule has 1 atom stereocenters. The van der Waals surface area contributed by atoms with Crippen LogP contribution in [0.4, 0.5) is 5.82 Å². The average Bonchev–Trinajstić information content (AvgIpc) is 2.73. The summed E-state index contributed by atoms with van der Waals surface area (Å²) in [6.07, 6.45) is 1.27. The van der Waals surface area contributed by atoms with E-state index in [1.165, 1.54) is 6.07 Å². The average molecular weight is 239 g/mol. The van der Waals surface area contributed by atoms with Crippen molar-refractivity contribution >= 4 is 5.82 Å². The van der Waals surface area contributed by atoms with Gasteiger partial charge in [-0.1, -0.05) is 6.92 Å². The molecule has 0 amide bonds. The number of aromatic amines is 1. The lowest BCUT2D eigenvalue weighted by Gasteiger charge is -2.20. The van der Waals surface area contributed by atoms with Gasteiger partial charge in [-0.05, 0) is 0 Å². The molecular formula is C11H17N3O3. The van der Waals surface area contributed by atoms with E-state index < -0.39 is 5.60 Å². The van der Waals surface area contributed by atoms with Crippen molar-refractivity contribution in [1.82, 2.24) is 9.97 Å². The van der Waals surface area contributed by atoms with Gasteiger partial charge in [-0.2, -0.15) is 0 Å². The Kier molecular flexibility index (Phi) is 3.44. The van der Waals surface area contributed by atoms with E-state index in [9.17, 15) is 9.90 Å². The Hall–Kier alpha value is -1.40. The monoisotopic (exact) mass is 239 g/mol. The first-order chi connectivity index (χ1) is 8.11. The lowest BCUT2D eigenvalue weighted by atomic mass is 10.0. The molecular weight excluding hydrogens is 222 g/mol. The van der Waals surface area contributed by atoms with Crippen molar-refractivity contribution < 1.29 is 9.84 Å². The quantitative estimate of drug-likeness (QED) is 0.682. The fourth-order valence-corrected chi connectivity index (χ4v) is 1.76. The minimum atomic E-state index is -0.851. The van der Waals surface area contributed by atoms with E-state index in [4.69, 9.17) is 4.74 Å². The number of nitrogens with one attached hydrogen (secondary N) is 2. The molecule has 1 saturated heterocycles. The number of aryl methyl sites for hydroxylation is 1. The van der Waals surface area contributed by atoms with E-state index in [0.29, 0.717) is 44.2 Å². The maximum atomic E-state index is 11.3. The van der Waals surface area contributed by atoms with Crippen molar-refractivity contribution in [2.75, 3.05) is 25.1 Å². The summed E-state index contributed by atoms with van der Waals surface area (Å²) in [6, 6.07) is 1.39. The number of aliphatic hydroxyl groups is 1. The summed E-state index contributed by atoms with van der Waals surface area (Å²) in [5.74, 6) is 1.13. The highest BCUT2D eigenvalue weighted by Crippen LogP contribution is 2.18. The van der Waals surface area contributed by atoms with Crippen molar-refractivity contribution in [3.8, 4) is 0 Å². The second-order valence-corrected chi connectivity index (χ2v) is 4.31. The summed E-state index contributed by atoms with van der Waals surface area (Å²) in [6.45, 7) is 3.15. The molecule has 2 rings (SSSR count). The topological polar surface area (TPSA) is 87.2 Å². The number of H-pyrrole nitrogens is 1. The first-order valence-electron chi connectivity index (χ1n) is 5.75. The van der Waals surface area contributed by atoms with Crippen LogP contribution in [-0.4, -0.2) is 40.4 Å². The third-order valence-corrected chi connectivity index (χ3v) is 2.81. The van der Waals surface area contributed by atoms with Gasteiger partial charge in [-0.3, -0.25) is 4.79 Å². The molecule has 1 aliphatic rings. The number of anilines is 1. The van der Waals surface area contributed by atoms with Crippen LogP contribution < -0.4 is 10.9 Å². The summed E-state index contributed by atoms with van der Waals surface area (Å²) >= 11 is 0. The van der Waals surface area contributed by atoms with Crippen LogP contribution in [0.15, 0.2) is 10.9 Å². The van der Waals surface area contributed by atoms with Gasteiger partial charge in [0.15, 0.2) is 0 Å². The zero-order valence-electron chi connectivity index (χ0n) is 9.82. The Morgan fingerprint density at radius 2 is 2.53 bits per heavy atom. The highest BCUT2D eigenvalue weighted by molar-refractivity contribution is 5.33. The molecule has 1 aliphatic heterocycles. The van der Waals surface area contributed by atoms with Crippen molar-refractivity contribution in [1.29, 1.82) is 0 Å². The Labute approximate surface area is 99.0 Å². The van der Waals surface area contributed by atoms with Crippen molar-refractivity contribution in [2.45, 2.75) is 25.4 Å². The maximum Gasteiger partial charge on any atom is 0.252 e. The van der Waals surface area contributed by atoms with Crippen LogP contribution in [-0.2, 0) is 11.2 Å². The molecule has 6 heteroatoms. The lowest BCUT2D eigenvalue weighted by Crippen LogP contribution is -2.37. The van der Waals surface area contributed by atoms with Gasteiger partial charge in [0.2, 0.25) is 0 Å². The summed E-state index contributed by atoms with van der Waals surface area (Å²) in [5.41, 5.74) is -1.04. The molecule has 3 N–H and O–H groups in total. The van der Waals surface area contributed by atoms with Gasteiger partial charge in [-0.25, -0.2) is 4.98 Å². The Morgan fingerprint density at radius 3 is 3.18 bits per heavy atom. The predicted molar refractivity (Wildman–Crippen MR) is 63.1 cm³/mol. The number of rotatable bonds is 4.